The maximum absolute atomic E-state index is 13.0. The lowest BCUT2D eigenvalue weighted by Gasteiger charge is -2.13. The molecule has 1 fully saturated rings. The highest BCUT2D eigenvalue weighted by Crippen LogP contribution is 2.31. The highest BCUT2D eigenvalue weighted by Gasteiger charge is 2.50. The van der Waals surface area contributed by atoms with Gasteiger partial charge in [0, 0.05) is 5.69 Å². The highest BCUT2D eigenvalue weighted by atomic mass is 19.3. The molecule has 2 rings (SSSR count). The lowest BCUT2D eigenvalue weighted by atomic mass is 10.2. The summed E-state index contributed by atoms with van der Waals surface area (Å²) in [6, 6.07) is 7.15. The quantitative estimate of drug-likeness (QED) is 0.845. The summed E-state index contributed by atoms with van der Waals surface area (Å²) in [5.41, 5.74) is 0.757. The number of cyclic esters (lactones) is 1. The second kappa shape index (κ2) is 5.64. The van der Waals surface area contributed by atoms with Gasteiger partial charge in [-0.25, -0.2) is 4.79 Å². The predicted molar refractivity (Wildman–Crippen MR) is 70.1 cm³/mol. The van der Waals surface area contributed by atoms with Gasteiger partial charge in [0.25, 0.3) is 0 Å². The van der Waals surface area contributed by atoms with Crippen molar-refractivity contribution in [3.63, 3.8) is 0 Å². The molecule has 0 saturated carbocycles. The normalized spacial score (nSPS) is 20.9. The molecule has 0 radical (unpaired) electrons. The SMILES string of the molecule is CC(C)Oc1ccc(NCC2CC(F)(F)C(=O)O2)cc1. The van der Waals surface area contributed by atoms with Gasteiger partial charge in [0.1, 0.15) is 11.9 Å². The largest absolute Gasteiger partial charge is 0.491 e. The Hall–Kier alpha value is -1.85. The minimum atomic E-state index is -3.36. The molecule has 4 nitrogen and oxygen atoms in total. The Morgan fingerprint density at radius 3 is 2.55 bits per heavy atom. The van der Waals surface area contributed by atoms with Crippen molar-refractivity contribution in [1.82, 2.24) is 0 Å². The van der Waals surface area contributed by atoms with Crippen LogP contribution < -0.4 is 10.1 Å². The zero-order valence-electron chi connectivity index (χ0n) is 11.4. The molecular weight excluding hydrogens is 268 g/mol. The van der Waals surface area contributed by atoms with Gasteiger partial charge in [-0.1, -0.05) is 0 Å². The number of halogens is 2. The molecule has 1 atom stereocenters. The van der Waals surface area contributed by atoms with Gasteiger partial charge in [-0.2, -0.15) is 8.78 Å². The number of carbonyl (C=O) groups is 1. The lowest BCUT2D eigenvalue weighted by Crippen LogP contribution is -2.22. The molecule has 1 aromatic carbocycles. The van der Waals surface area contributed by atoms with Crippen molar-refractivity contribution in [1.29, 1.82) is 0 Å². The monoisotopic (exact) mass is 285 g/mol. The lowest BCUT2D eigenvalue weighted by molar-refractivity contribution is -0.158. The molecule has 6 heteroatoms. The number of ether oxygens (including phenoxy) is 2. The minimum Gasteiger partial charge on any atom is -0.491 e. The molecule has 0 amide bonds. The van der Waals surface area contributed by atoms with E-state index in [1.54, 1.807) is 24.3 Å². The smallest absolute Gasteiger partial charge is 0.377 e. The highest BCUT2D eigenvalue weighted by molar-refractivity contribution is 5.79. The fourth-order valence-corrected chi connectivity index (χ4v) is 1.92. The van der Waals surface area contributed by atoms with Gasteiger partial charge in [0.05, 0.1) is 19.1 Å². The van der Waals surface area contributed by atoms with Crippen LogP contribution in [-0.4, -0.2) is 30.6 Å². The van der Waals surface area contributed by atoms with Crippen molar-refractivity contribution >= 4 is 11.7 Å². The Bertz CT molecular complexity index is 474. The zero-order valence-corrected chi connectivity index (χ0v) is 11.4. The minimum absolute atomic E-state index is 0.0916. The maximum Gasteiger partial charge on any atom is 0.377 e. The van der Waals surface area contributed by atoms with Gasteiger partial charge < -0.3 is 14.8 Å². The van der Waals surface area contributed by atoms with Crippen molar-refractivity contribution in [3.05, 3.63) is 24.3 Å². The summed E-state index contributed by atoms with van der Waals surface area (Å²) >= 11 is 0. The molecule has 0 aliphatic carbocycles. The maximum atomic E-state index is 13.0. The molecule has 1 saturated heterocycles. The van der Waals surface area contributed by atoms with E-state index in [0.29, 0.717) is 0 Å². The Labute approximate surface area is 116 Å². The first-order valence-corrected chi connectivity index (χ1v) is 6.46. The molecule has 1 aromatic rings. The standard InChI is InChI=1S/C14H17F2NO3/c1-9(2)19-11-5-3-10(4-6-11)17-8-12-7-14(15,16)13(18)20-12/h3-6,9,12,17H,7-8H2,1-2H3. The number of rotatable bonds is 5. The zero-order chi connectivity index (χ0) is 14.8. The van der Waals surface area contributed by atoms with Crippen LogP contribution >= 0.6 is 0 Å². The van der Waals surface area contributed by atoms with Crippen LogP contribution in [0.25, 0.3) is 0 Å². The second-order valence-corrected chi connectivity index (χ2v) is 5.01. The first-order chi connectivity index (χ1) is 9.37. The molecule has 0 aromatic heterocycles. The van der Waals surface area contributed by atoms with Crippen LogP contribution in [0, 0.1) is 0 Å². The summed E-state index contributed by atoms with van der Waals surface area (Å²) in [4.78, 5) is 10.8. The predicted octanol–water partition coefficient (Wildman–Crippen LogP) is 2.84. The summed E-state index contributed by atoms with van der Waals surface area (Å²) in [5.74, 6) is -4.06. The molecule has 1 N–H and O–H groups in total. The average Bonchev–Trinajstić information content (AvgIpc) is 2.62. The molecule has 0 spiro atoms. The van der Waals surface area contributed by atoms with Crippen molar-refractivity contribution < 1.29 is 23.0 Å². The third kappa shape index (κ3) is 3.59. The Balaban J connectivity index is 1.84. The van der Waals surface area contributed by atoms with Crippen LogP contribution in [0.2, 0.25) is 0 Å². The van der Waals surface area contributed by atoms with E-state index in [2.05, 4.69) is 10.1 Å². The first-order valence-electron chi connectivity index (χ1n) is 6.46. The van der Waals surface area contributed by atoms with E-state index in [9.17, 15) is 13.6 Å². The number of hydrogen-bond acceptors (Lipinski definition) is 4. The van der Waals surface area contributed by atoms with Crippen LogP contribution in [0.3, 0.4) is 0 Å². The Morgan fingerprint density at radius 1 is 1.40 bits per heavy atom. The average molecular weight is 285 g/mol. The number of benzene rings is 1. The summed E-state index contributed by atoms with van der Waals surface area (Å²) < 4.78 is 36.0. The number of esters is 1. The van der Waals surface area contributed by atoms with Crippen LogP contribution in [0.5, 0.6) is 5.75 Å². The Kier molecular flexibility index (Phi) is 4.11. The van der Waals surface area contributed by atoms with Gasteiger partial charge >= 0.3 is 11.9 Å². The number of hydrogen-bond donors (Lipinski definition) is 1. The number of nitrogens with one attached hydrogen (secondary N) is 1. The fraction of sp³-hybridized carbons (Fsp3) is 0.500. The van der Waals surface area contributed by atoms with Gasteiger partial charge in [-0.15, -0.1) is 0 Å². The molecule has 1 aliphatic heterocycles. The number of carbonyl (C=O) groups excluding carboxylic acids is 1. The fourth-order valence-electron chi connectivity index (χ4n) is 1.92. The van der Waals surface area contributed by atoms with Gasteiger partial charge in [0.15, 0.2) is 0 Å². The van der Waals surface area contributed by atoms with Gasteiger partial charge in [-0.3, -0.25) is 0 Å². The van der Waals surface area contributed by atoms with E-state index in [-0.39, 0.29) is 12.6 Å². The van der Waals surface area contributed by atoms with E-state index < -0.39 is 24.4 Å². The first kappa shape index (κ1) is 14.6. The molecule has 1 heterocycles. The second-order valence-electron chi connectivity index (χ2n) is 5.01. The van der Waals surface area contributed by atoms with Crippen molar-refractivity contribution in [2.24, 2.45) is 0 Å². The summed E-state index contributed by atoms with van der Waals surface area (Å²) in [6.07, 6.45) is -1.29. The van der Waals surface area contributed by atoms with E-state index in [0.717, 1.165) is 11.4 Å². The van der Waals surface area contributed by atoms with Gasteiger partial charge in [0.2, 0.25) is 0 Å². The summed E-state index contributed by atoms with van der Waals surface area (Å²) in [5, 5.41) is 2.96. The van der Waals surface area contributed by atoms with E-state index in [1.807, 2.05) is 13.8 Å². The molecular formula is C14H17F2NO3. The van der Waals surface area contributed by atoms with E-state index in [4.69, 9.17) is 4.74 Å². The van der Waals surface area contributed by atoms with Crippen LogP contribution in [0.15, 0.2) is 24.3 Å². The molecule has 1 aliphatic rings. The van der Waals surface area contributed by atoms with Gasteiger partial charge in [-0.05, 0) is 38.1 Å². The Morgan fingerprint density at radius 2 is 2.05 bits per heavy atom. The van der Waals surface area contributed by atoms with E-state index >= 15 is 0 Å². The van der Waals surface area contributed by atoms with Crippen molar-refractivity contribution in [3.8, 4) is 5.75 Å². The van der Waals surface area contributed by atoms with E-state index in [1.165, 1.54) is 0 Å². The summed E-state index contributed by atoms with van der Waals surface area (Å²) in [7, 11) is 0. The van der Waals surface area contributed by atoms with Crippen molar-refractivity contribution in [2.45, 2.75) is 38.4 Å². The molecule has 110 valence electrons. The third-order valence-electron chi connectivity index (χ3n) is 2.82. The summed E-state index contributed by atoms with van der Waals surface area (Å²) in [6.45, 7) is 4.02. The third-order valence-corrected chi connectivity index (χ3v) is 2.82. The molecule has 20 heavy (non-hydrogen) atoms. The molecule has 1 unspecified atom stereocenters. The topological polar surface area (TPSA) is 47.6 Å². The molecule has 0 bridgehead atoms. The van der Waals surface area contributed by atoms with Crippen LogP contribution in [0.1, 0.15) is 20.3 Å². The van der Waals surface area contributed by atoms with Crippen LogP contribution in [0.4, 0.5) is 14.5 Å². The number of alkyl halides is 2. The van der Waals surface area contributed by atoms with Crippen molar-refractivity contribution in [2.75, 3.05) is 11.9 Å². The van der Waals surface area contributed by atoms with Crippen LogP contribution in [-0.2, 0) is 9.53 Å². The number of anilines is 1.